The number of hydrogen-bond acceptors (Lipinski definition) is 8. The van der Waals surface area contributed by atoms with Crippen LogP contribution in [0.3, 0.4) is 0 Å². The molecule has 0 radical (unpaired) electrons. The van der Waals surface area contributed by atoms with E-state index >= 15 is 0 Å². The van der Waals surface area contributed by atoms with Crippen molar-refractivity contribution in [1.82, 2.24) is 0 Å². The van der Waals surface area contributed by atoms with Crippen molar-refractivity contribution in [2.24, 2.45) is 0 Å². The SMILES string of the molecule is C=C(CC(=O)OC(CCCCCCCC)C(=O)Oc1ccccc1)C(=O)OC(CCCCCCCC)C(=O)Oc1ccccc1. The van der Waals surface area contributed by atoms with Gasteiger partial charge in [-0.15, -0.1) is 0 Å². The number of benzene rings is 2. The van der Waals surface area contributed by atoms with Gasteiger partial charge in [0, 0.05) is 5.57 Å². The molecule has 246 valence electrons. The van der Waals surface area contributed by atoms with E-state index in [2.05, 4.69) is 20.4 Å². The standard InChI is InChI=1S/C37H50O8/c1-4-6-8-10-12-20-26-32(36(40)42-30-22-16-14-17-23-30)44-34(38)28-29(3)35(39)45-33(27-21-13-11-9-7-5-2)37(41)43-31-24-18-15-19-25-31/h14-19,22-25,32-33H,3-13,20-21,26-28H2,1-2H3. The highest BCUT2D eigenvalue weighted by Gasteiger charge is 2.29. The zero-order valence-corrected chi connectivity index (χ0v) is 27.0. The molecule has 0 N–H and O–H groups in total. The first-order chi connectivity index (χ1) is 21.8. The molecule has 0 saturated carbocycles. The molecule has 0 aliphatic carbocycles. The van der Waals surface area contributed by atoms with Crippen LogP contribution in [0.25, 0.3) is 0 Å². The van der Waals surface area contributed by atoms with Crippen LogP contribution in [0.1, 0.15) is 110 Å². The van der Waals surface area contributed by atoms with Crippen molar-refractivity contribution in [3.05, 3.63) is 72.8 Å². The predicted octanol–water partition coefficient (Wildman–Crippen LogP) is 8.47. The van der Waals surface area contributed by atoms with E-state index in [1.807, 2.05) is 0 Å². The van der Waals surface area contributed by atoms with Gasteiger partial charge in [-0.3, -0.25) is 4.79 Å². The van der Waals surface area contributed by atoms with Crippen molar-refractivity contribution in [3.8, 4) is 11.5 Å². The minimum absolute atomic E-state index is 0.185. The molecule has 2 atom stereocenters. The van der Waals surface area contributed by atoms with Gasteiger partial charge in [-0.05, 0) is 49.9 Å². The topological polar surface area (TPSA) is 105 Å². The molecule has 0 heterocycles. The molecule has 0 amide bonds. The fourth-order valence-electron chi connectivity index (χ4n) is 4.67. The number of unbranched alkanes of at least 4 members (excludes halogenated alkanes) is 10. The van der Waals surface area contributed by atoms with Crippen LogP contribution in [0.4, 0.5) is 0 Å². The lowest BCUT2D eigenvalue weighted by molar-refractivity contribution is -0.164. The van der Waals surface area contributed by atoms with Crippen molar-refractivity contribution < 1.29 is 38.1 Å². The quantitative estimate of drug-likeness (QED) is 0.0526. The van der Waals surface area contributed by atoms with E-state index in [4.69, 9.17) is 18.9 Å². The summed E-state index contributed by atoms with van der Waals surface area (Å²) in [4.78, 5) is 51.7. The molecule has 0 saturated heterocycles. The van der Waals surface area contributed by atoms with Gasteiger partial charge in [0.05, 0.1) is 6.42 Å². The smallest absolute Gasteiger partial charge is 0.352 e. The molecule has 2 rings (SSSR count). The van der Waals surface area contributed by atoms with Gasteiger partial charge >= 0.3 is 23.9 Å². The van der Waals surface area contributed by atoms with Crippen LogP contribution in [0.2, 0.25) is 0 Å². The number of carbonyl (C=O) groups excluding carboxylic acids is 4. The summed E-state index contributed by atoms with van der Waals surface area (Å²) in [5.41, 5.74) is -0.185. The summed E-state index contributed by atoms with van der Waals surface area (Å²) >= 11 is 0. The lowest BCUT2D eigenvalue weighted by Gasteiger charge is -2.19. The van der Waals surface area contributed by atoms with Crippen LogP contribution in [-0.4, -0.2) is 36.1 Å². The Morgan fingerprint density at radius 2 is 0.978 bits per heavy atom. The summed E-state index contributed by atoms with van der Waals surface area (Å²) < 4.78 is 21.9. The van der Waals surface area contributed by atoms with Gasteiger partial charge in [0.2, 0.25) is 0 Å². The van der Waals surface area contributed by atoms with Gasteiger partial charge in [0.15, 0.2) is 12.2 Å². The van der Waals surface area contributed by atoms with Crippen molar-refractivity contribution >= 4 is 23.9 Å². The minimum atomic E-state index is -1.15. The fraction of sp³-hybridized carbons (Fsp3) is 0.514. The van der Waals surface area contributed by atoms with E-state index in [9.17, 15) is 19.2 Å². The Kier molecular flexibility index (Phi) is 18.7. The number of hydrogen-bond donors (Lipinski definition) is 0. The minimum Gasteiger partial charge on any atom is -0.450 e. The predicted molar refractivity (Wildman–Crippen MR) is 174 cm³/mol. The fourth-order valence-corrected chi connectivity index (χ4v) is 4.67. The molecule has 2 aromatic rings. The molecule has 0 fully saturated rings. The molecule has 0 aliphatic rings. The van der Waals surface area contributed by atoms with Crippen LogP contribution in [0, 0.1) is 0 Å². The number of carbonyl (C=O) groups is 4. The summed E-state index contributed by atoms with van der Waals surface area (Å²) in [5.74, 6) is -2.39. The number of esters is 4. The van der Waals surface area contributed by atoms with Gasteiger partial charge < -0.3 is 18.9 Å². The first-order valence-corrected chi connectivity index (χ1v) is 16.5. The van der Waals surface area contributed by atoms with Crippen molar-refractivity contribution in [2.45, 2.75) is 122 Å². The Hall–Kier alpha value is -3.94. The van der Waals surface area contributed by atoms with Crippen LogP contribution < -0.4 is 9.47 Å². The molecular weight excluding hydrogens is 572 g/mol. The first-order valence-electron chi connectivity index (χ1n) is 16.5. The number of ether oxygens (including phenoxy) is 4. The van der Waals surface area contributed by atoms with Crippen molar-refractivity contribution in [3.63, 3.8) is 0 Å². The maximum Gasteiger partial charge on any atom is 0.352 e. The summed E-state index contributed by atoms with van der Waals surface area (Å²) in [6.45, 7) is 7.99. The van der Waals surface area contributed by atoms with E-state index in [1.54, 1.807) is 60.7 Å². The van der Waals surface area contributed by atoms with Crippen LogP contribution >= 0.6 is 0 Å². The van der Waals surface area contributed by atoms with E-state index in [1.165, 1.54) is 0 Å². The van der Waals surface area contributed by atoms with E-state index < -0.39 is 42.5 Å². The average molecular weight is 623 g/mol. The maximum absolute atomic E-state index is 12.9. The highest BCUT2D eigenvalue weighted by atomic mass is 16.6. The summed E-state index contributed by atoms with van der Waals surface area (Å²) in [6, 6.07) is 17.1. The normalized spacial score (nSPS) is 12.0. The number of para-hydroxylation sites is 2. The van der Waals surface area contributed by atoms with Crippen LogP contribution in [-0.2, 0) is 28.7 Å². The van der Waals surface area contributed by atoms with Gasteiger partial charge in [0.25, 0.3) is 0 Å². The van der Waals surface area contributed by atoms with Crippen LogP contribution in [0.5, 0.6) is 11.5 Å². The van der Waals surface area contributed by atoms with Crippen molar-refractivity contribution in [1.29, 1.82) is 0 Å². The second kappa shape index (κ2) is 22.6. The Balaban J connectivity index is 1.97. The Bertz CT molecular complexity index is 1160. The third-order valence-electron chi connectivity index (χ3n) is 7.26. The zero-order valence-electron chi connectivity index (χ0n) is 27.0. The maximum atomic E-state index is 12.9. The molecule has 8 nitrogen and oxygen atoms in total. The third-order valence-corrected chi connectivity index (χ3v) is 7.26. The van der Waals surface area contributed by atoms with E-state index in [0.29, 0.717) is 30.8 Å². The molecule has 0 aliphatic heterocycles. The van der Waals surface area contributed by atoms with Crippen molar-refractivity contribution in [2.75, 3.05) is 0 Å². The molecule has 45 heavy (non-hydrogen) atoms. The summed E-state index contributed by atoms with van der Waals surface area (Å²) in [7, 11) is 0. The molecule has 0 aromatic heterocycles. The number of rotatable bonds is 23. The van der Waals surface area contributed by atoms with E-state index in [0.717, 1.165) is 64.2 Å². The molecule has 8 heteroatoms. The first kappa shape index (κ1) is 37.2. The molecule has 0 bridgehead atoms. The highest BCUT2D eigenvalue weighted by molar-refractivity contribution is 5.95. The Morgan fingerprint density at radius 1 is 0.578 bits per heavy atom. The lowest BCUT2D eigenvalue weighted by atomic mass is 10.1. The Morgan fingerprint density at radius 3 is 1.42 bits per heavy atom. The molecule has 0 spiro atoms. The highest BCUT2D eigenvalue weighted by Crippen LogP contribution is 2.19. The zero-order chi connectivity index (χ0) is 32.7. The van der Waals surface area contributed by atoms with Gasteiger partial charge in [-0.25, -0.2) is 14.4 Å². The average Bonchev–Trinajstić information content (AvgIpc) is 3.03. The summed E-state index contributed by atoms with van der Waals surface area (Å²) in [5, 5.41) is 0. The van der Waals surface area contributed by atoms with E-state index in [-0.39, 0.29) is 12.0 Å². The molecule has 2 unspecified atom stereocenters. The monoisotopic (exact) mass is 622 g/mol. The second-order valence-electron chi connectivity index (χ2n) is 11.2. The second-order valence-corrected chi connectivity index (χ2v) is 11.2. The Labute approximate surface area is 268 Å². The van der Waals surface area contributed by atoms with Gasteiger partial charge in [-0.1, -0.05) is 121 Å². The molecular formula is C37H50O8. The van der Waals surface area contributed by atoms with Gasteiger partial charge in [0.1, 0.15) is 11.5 Å². The van der Waals surface area contributed by atoms with Crippen LogP contribution in [0.15, 0.2) is 72.8 Å². The van der Waals surface area contributed by atoms with Gasteiger partial charge in [-0.2, -0.15) is 0 Å². The summed E-state index contributed by atoms with van der Waals surface area (Å²) in [6.07, 6.45) is 9.74. The largest absolute Gasteiger partial charge is 0.450 e. The third kappa shape index (κ3) is 16.1. The molecule has 2 aromatic carbocycles. The lowest BCUT2D eigenvalue weighted by Crippen LogP contribution is -2.33.